The molecule has 0 unspecified atom stereocenters. The van der Waals surface area contributed by atoms with E-state index in [1.165, 1.54) is 0 Å². The second kappa shape index (κ2) is 7.51. The van der Waals surface area contributed by atoms with E-state index in [-0.39, 0.29) is 12.5 Å². The first-order valence-electron chi connectivity index (χ1n) is 7.17. The lowest BCUT2D eigenvalue weighted by Crippen LogP contribution is -2.24. The quantitative estimate of drug-likeness (QED) is 0.710. The van der Waals surface area contributed by atoms with Gasteiger partial charge in [0, 0.05) is 35.8 Å². The lowest BCUT2D eigenvalue weighted by Gasteiger charge is -2.08. The van der Waals surface area contributed by atoms with Gasteiger partial charge >= 0.3 is 0 Å². The molecule has 6 heteroatoms. The van der Waals surface area contributed by atoms with Gasteiger partial charge in [-0.2, -0.15) is 0 Å². The molecule has 0 saturated heterocycles. The lowest BCUT2D eigenvalue weighted by molar-refractivity contribution is 0.0951. The number of nitrogens with zero attached hydrogens (tertiary/aromatic N) is 2. The molecular formula is C16H20N4O2. The summed E-state index contributed by atoms with van der Waals surface area (Å²) in [6.45, 7) is 4.37. The summed E-state index contributed by atoms with van der Waals surface area (Å²) in [4.78, 5) is 20.5. The highest BCUT2D eigenvalue weighted by molar-refractivity contribution is 5.94. The van der Waals surface area contributed by atoms with Gasteiger partial charge in [-0.05, 0) is 50.6 Å². The largest absolute Gasteiger partial charge is 0.396 e. The molecule has 1 heterocycles. The Labute approximate surface area is 129 Å². The van der Waals surface area contributed by atoms with Gasteiger partial charge in [0.2, 0.25) is 5.95 Å². The monoisotopic (exact) mass is 300 g/mol. The van der Waals surface area contributed by atoms with Crippen LogP contribution in [0.1, 0.15) is 28.2 Å². The maximum atomic E-state index is 11.8. The number of carbonyl (C=O) groups excluding carboxylic acids is 1. The molecule has 1 amide bonds. The third-order valence-electron chi connectivity index (χ3n) is 3.01. The van der Waals surface area contributed by atoms with E-state index in [4.69, 9.17) is 5.11 Å². The SMILES string of the molecule is Cc1cc(C)nc(Nc2ccc(C(=O)NCCCO)cc2)n1. The highest BCUT2D eigenvalue weighted by Crippen LogP contribution is 2.14. The molecule has 1 aromatic heterocycles. The summed E-state index contributed by atoms with van der Waals surface area (Å²) in [6.07, 6.45) is 0.551. The van der Waals surface area contributed by atoms with Gasteiger partial charge in [-0.25, -0.2) is 9.97 Å². The van der Waals surface area contributed by atoms with Gasteiger partial charge in [-0.15, -0.1) is 0 Å². The molecule has 22 heavy (non-hydrogen) atoms. The Hall–Kier alpha value is -2.47. The van der Waals surface area contributed by atoms with Crippen molar-refractivity contribution in [3.05, 3.63) is 47.3 Å². The predicted molar refractivity (Wildman–Crippen MR) is 85.3 cm³/mol. The molecule has 6 nitrogen and oxygen atoms in total. The third kappa shape index (κ3) is 4.53. The van der Waals surface area contributed by atoms with Gasteiger partial charge in [-0.3, -0.25) is 4.79 Å². The minimum absolute atomic E-state index is 0.0685. The number of nitrogens with one attached hydrogen (secondary N) is 2. The molecule has 116 valence electrons. The van der Waals surface area contributed by atoms with Gasteiger partial charge in [-0.1, -0.05) is 0 Å². The number of aliphatic hydroxyl groups excluding tert-OH is 1. The first kappa shape index (κ1) is 15.9. The van der Waals surface area contributed by atoms with Gasteiger partial charge in [0.1, 0.15) is 0 Å². The van der Waals surface area contributed by atoms with Crippen LogP contribution in [0.25, 0.3) is 0 Å². The number of benzene rings is 1. The Morgan fingerprint density at radius 3 is 2.36 bits per heavy atom. The van der Waals surface area contributed by atoms with Crippen LogP contribution in [0.15, 0.2) is 30.3 Å². The molecular weight excluding hydrogens is 280 g/mol. The zero-order valence-corrected chi connectivity index (χ0v) is 12.8. The van der Waals surface area contributed by atoms with Crippen LogP contribution in [0.2, 0.25) is 0 Å². The molecule has 0 fully saturated rings. The second-order valence-electron chi connectivity index (χ2n) is 5.01. The van der Waals surface area contributed by atoms with Crippen molar-refractivity contribution in [1.82, 2.24) is 15.3 Å². The van der Waals surface area contributed by atoms with Crippen LogP contribution in [-0.4, -0.2) is 34.1 Å². The van der Waals surface area contributed by atoms with Gasteiger partial charge < -0.3 is 15.7 Å². The molecule has 0 atom stereocenters. The van der Waals surface area contributed by atoms with Crippen LogP contribution in [0.4, 0.5) is 11.6 Å². The van der Waals surface area contributed by atoms with E-state index in [1.807, 2.05) is 32.0 Å². The van der Waals surface area contributed by atoms with Crippen molar-refractivity contribution in [2.24, 2.45) is 0 Å². The Kier molecular flexibility index (Phi) is 5.43. The number of hydrogen-bond acceptors (Lipinski definition) is 5. The van der Waals surface area contributed by atoms with Crippen molar-refractivity contribution >= 4 is 17.5 Å². The van der Waals surface area contributed by atoms with E-state index in [0.717, 1.165) is 17.1 Å². The molecule has 0 spiro atoms. The van der Waals surface area contributed by atoms with Crippen LogP contribution in [0.5, 0.6) is 0 Å². The fourth-order valence-corrected chi connectivity index (χ4v) is 2.00. The highest BCUT2D eigenvalue weighted by atomic mass is 16.3. The van der Waals surface area contributed by atoms with E-state index in [9.17, 15) is 4.79 Å². The topological polar surface area (TPSA) is 87.1 Å². The maximum absolute atomic E-state index is 11.8. The summed E-state index contributed by atoms with van der Waals surface area (Å²) < 4.78 is 0. The summed E-state index contributed by atoms with van der Waals surface area (Å²) in [7, 11) is 0. The number of aryl methyl sites for hydroxylation is 2. The van der Waals surface area contributed by atoms with Gasteiger partial charge in [0.15, 0.2) is 0 Å². The number of amides is 1. The average Bonchev–Trinajstić information content (AvgIpc) is 2.47. The summed E-state index contributed by atoms with van der Waals surface area (Å²) >= 11 is 0. The lowest BCUT2D eigenvalue weighted by atomic mass is 10.2. The van der Waals surface area contributed by atoms with E-state index < -0.39 is 0 Å². The van der Waals surface area contributed by atoms with Crippen molar-refractivity contribution in [1.29, 1.82) is 0 Å². The highest BCUT2D eigenvalue weighted by Gasteiger charge is 2.05. The Morgan fingerprint density at radius 2 is 1.77 bits per heavy atom. The molecule has 0 bridgehead atoms. The zero-order chi connectivity index (χ0) is 15.9. The molecule has 0 saturated carbocycles. The Balaban J connectivity index is 2.01. The third-order valence-corrected chi connectivity index (χ3v) is 3.01. The Bertz CT molecular complexity index is 621. The van der Waals surface area contributed by atoms with Crippen molar-refractivity contribution in [3.63, 3.8) is 0 Å². The molecule has 2 rings (SSSR count). The van der Waals surface area contributed by atoms with E-state index in [1.54, 1.807) is 12.1 Å². The van der Waals surface area contributed by atoms with Gasteiger partial charge in [0.05, 0.1) is 0 Å². The predicted octanol–water partition coefficient (Wildman–Crippen LogP) is 1.95. The van der Waals surface area contributed by atoms with Crippen molar-refractivity contribution in [2.75, 3.05) is 18.5 Å². The second-order valence-corrected chi connectivity index (χ2v) is 5.01. The molecule has 2 aromatic rings. The minimum Gasteiger partial charge on any atom is -0.396 e. The van der Waals surface area contributed by atoms with Crippen molar-refractivity contribution < 1.29 is 9.90 Å². The first-order chi connectivity index (χ1) is 10.6. The van der Waals surface area contributed by atoms with E-state index in [0.29, 0.717) is 24.5 Å². The molecule has 0 aliphatic rings. The smallest absolute Gasteiger partial charge is 0.251 e. The number of carbonyl (C=O) groups is 1. The summed E-state index contributed by atoms with van der Waals surface area (Å²) in [5.41, 5.74) is 3.19. The molecule has 0 aliphatic heterocycles. The maximum Gasteiger partial charge on any atom is 0.251 e. The summed E-state index contributed by atoms with van der Waals surface area (Å²) in [6, 6.07) is 8.99. The average molecular weight is 300 g/mol. The molecule has 1 aromatic carbocycles. The van der Waals surface area contributed by atoms with Crippen LogP contribution >= 0.6 is 0 Å². The van der Waals surface area contributed by atoms with Crippen LogP contribution < -0.4 is 10.6 Å². The van der Waals surface area contributed by atoms with E-state index in [2.05, 4.69) is 20.6 Å². The van der Waals surface area contributed by atoms with Gasteiger partial charge in [0.25, 0.3) is 5.91 Å². The summed E-state index contributed by atoms with van der Waals surface area (Å²) in [5.74, 6) is 0.389. The fourth-order valence-electron chi connectivity index (χ4n) is 2.00. The summed E-state index contributed by atoms with van der Waals surface area (Å²) in [5, 5.41) is 14.6. The first-order valence-corrected chi connectivity index (χ1v) is 7.17. The number of aliphatic hydroxyl groups is 1. The Morgan fingerprint density at radius 1 is 1.14 bits per heavy atom. The minimum atomic E-state index is -0.150. The van der Waals surface area contributed by atoms with E-state index >= 15 is 0 Å². The van der Waals surface area contributed by atoms with Crippen molar-refractivity contribution in [3.8, 4) is 0 Å². The molecule has 0 aliphatic carbocycles. The number of rotatable bonds is 6. The normalized spacial score (nSPS) is 10.3. The number of aromatic nitrogens is 2. The standard InChI is InChI=1S/C16H20N4O2/c1-11-10-12(2)19-16(18-11)20-14-6-4-13(5-7-14)15(22)17-8-3-9-21/h4-7,10,21H,3,8-9H2,1-2H3,(H,17,22)(H,18,19,20). The van der Waals surface area contributed by atoms with Crippen LogP contribution in [0.3, 0.4) is 0 Å². The van der Waals surface area contributed by atoms with Crippen LogP contribution in [-0.2, 0) is 0 Å². The number of anilines is 2. The number of hydrogen-bond donors (Lipinski definition) is 3. The molecule has 0 radical (unpaired) electrons. The molecule has 3 N–H and O–H groups in total. The fraction of sp³-hybridized carbons (Fsp3) is 0.312. The van der Waals surface area contributed by atoms with Crippen molar-refractivity contribution in [2.45, 2.75) is 20.3 Å². The zero-order valence-electron chi connectivity index (χ0n) is 12.8. The van der Waals surface area contributed by atoms with Crippen LogP contribution in [0, 0.1) is 13.8 Å².